The molecule has 174 valence electrons. The Balaban J connectivity index is 0.00000306. The maximum atomic E-state index is 5.96. The van der Waals surface area contributed by atoms with Gasteiger partial charge in [0.05, 0.1) is 19.9 Å². The Bertz CT molecular complexity index is 1230. The van der Waals surface area contributed by atoms with Crippen molar-refractivity contribution in [2.45, 2.75) is 13.0 Å². The predicted octanol–water partition coefficient (Wildman–Crippen LogP) is 4.32. The quantitative estimate of drug-likeness (QED) is 0.307. The minimum absolute atomic E-state index is 0. The summed E-state index contributed by atoms with van der Waals surface area (Å²) >= 11 is 0. The Morgan fingerprint density at radius 1 is 1.09 bits per heavy atom. The van der Waals surface area contributed by atoms with Crippen molar-refractivity contribution < 1.29 is 19.0 Å². The second-order valence-corrected chi connectivity index (χ2v) is 7.84. The third-order valence-corrected chi connectivity index (χ3v) is 5.40. The van der Waals surface area contributed by atoms with E-state index in [2.05, 4.69) is 21.0 Å². The number of hydrogen-bond acceptors (Lipinski definition) is 6. The SMILES string of the molecule is C#C[C@H](C)O/N=C1/c2cc(OC)c(OC)cc2-c2[nH]c3ccc(OCCN(C)C)cc3c21.Cl. The van der Waals surface area contributed by atoms with E-state index < -0.39 is 6.10 Å². The number of ether oxygens (including phenoxy) is 3. The van der Waals surface area contributed by atoms with Crippen LogP contribution in [0.1, 0.15) is 18.1 Å². The smallest absolute Gasteiger partial charge is 0.184 e. The molecule has 7 nitrogen and oxygen atoms in total. The Morgan fingerprint density at radius 2 is 1.79 bits per heavy atom. The molecule has 0 amide bonds. The Morgan fingerprint density at radius 3 is 2.42 bits per heavy atom. The molecule has 0 unspecified atom stereocenters. The van der Waals surface area contributed by atoms with Gasteiger partial charge in [0.2, 0.25) is 0 Å². The van der Waals surface area contributed by atoms with Gasteiger partial charge >= 0.3 is 0 Å². The third kappa shape index (κ3) is 4.58. The topological polar surface area (TPSA) is 68.3 Å². The van der Waals surface area contributed by atoms with Crippen molar-refractivity contribution in [2.24, 2.45) is 5.16 Å². The van der Waals surface area contributed by atoms with Gasteiger partial charge in [-0.3, -0.25) is 0 Å². The highest BCUT2D eigenvalue weighted by Gasteiger charge is 2.32. The number of rotatable bonds is 8. The van der Waals surface area contributed by atoms with Crippen LogP contribution in [0.2, 0.25) is 0 Å². The lowest BCUT2D eigenvalue weighted by Crippen LogP contribution is -2.19. The first kappa shape index (κ1) is 24.3. The summed E-state index contributed by atoms with van der Waals surface area (Å²) in [6, 6.07) is 9.87. The molecule has 1 aliphatic carbocycles. The zero-order valence-electron chi connectivity index (χ0n) is 19.4. The zero-order chi connectivity index (χ0) is 22.8. The van der Waals surface area contributed by atoms with Crippen LogP contribution in [-0.4, -0.2) is 63.2 Å². The van der Waals surface area contributed by atoms with E-state index in [0.717, 1.165) is 45.6 Å². The highest BCUT2D eigenvalue weighted by Crippen LogP contribution is 2.46. The van der Waals surface area contributed by atoms with Crippen molar-refractivity contribution in [3.63, 3.8) is 0 Å². The van der Waals surface area contributed by atoms with Gasteiger partial charge in [-0.25, -0.2) is 0 Å². The first-order valence-electron chi connectivity index (χ1n) is 10.4. The first-order valence-corrected chi connectivity index (χ1v) is 10.4. The van der Waals surface area contributed by atoms with Gasteiger partial charge in [0.15, 0.2) is 17.6 Å². The normalized spacial score (nSPS) is 13.8. The second kappa shape index (κ2) is 10.1. The molecule has 1 aromatic heterocycles. The number of oxime groups is 1. The summed E-state index contributed by atoms with van der Waals surface area (Å²) < 4.78 is 17.0. The number of hydrogen-bond donors (Lipinski definition) is 1. The minimum atomic E-state index is -0.453. The van der Waals surface area contributed by atoms with Gasteiger partial charge in [-0.2, -0.15) is 0 Å². The third-order valence-electron chi connectivity index (χ3n) is 5.40. The molecule has 0 saturated heterocycles. The van der Waals surface area contributed by atoms with Crippen LogP contribution in [0.3, 0.4) is 0 Å². The number of benzene rings is 2. The van der Waals surface area contributed by atoms with Gasteiger partial charge in [0, 0.05) is 34.1 Å². The van der Waals surface area contributed by atoms with Crippen molar-refractivity contribution in [2.75, 3.05) is 41.5 Å². The van der Waals surface area contributed by atoms with Gasteiger partial charge in [0.1, 0.15) is 18.1 Å². The van der Waals surface area contributed by atoms with Crippen molar-refractivity contribution in [1.29, 1.82) is 0 Å². The Kier molecular flexibility index (Phi) is 7.42. The molecule has 2 aromatic carbocycles. The fourth-order valence-electron chi connectivity index (χ4n) is 3.73. The second-order valence-electron chi connectivity index (χ2n) is 7.84. The average molecular weight is 470 g/mol. The fraction of sp³-hybridized carbons (Fsp3) is 0.320. The molecule has 0 saturated carbocycles. The largest absolute Gasteiger partial charge is 0.493 e. The maximum Gasteiger partial charge on any atom is 0.184 e. The minimum Gasteiger partial charge on any atom is -0.493 e. The molecule has 0 spiro atoms. The molecule has 8 heteroatoms. The molecule has 0 fully saturated rings. The molecule has 1 aliphatic rings. The monoisotopic (exact) mass is 469 g/mol. The average Bonchev–Trinajstić information content (AvgIpc) is 3.30. The molecule has 0 bridgehead atoms. The standard InChI is InChI=1S/C25H27N3O4.ClH/c1-7-15(2)32-27-25-18-14-22(30-6)21(29-5)13-17(18)24-23(25)19-12-16(8-9-20(19)26-24)31-11-10-28(3)4;/h1,8-9,12-15,26H,10-11H2,2-6H3;1H/b27-25-;/t15-;/m0./s1. The van der Waals surface area contributed by atoms with Crippen molar-refractivity contribution in [1.82, 2.24) is 9.88 Å². The predicted molar refractivity (Wildman–Crippen MR) is 133 cm³/mol. The lowest BCUT2D eigenvalue weighted by Gasteiger charge is -2.12. The molecular formula is C25H28ClN3O4. The van der Waals surface area contributed by atoms with Crippen LogP contribution in [-0.2, 0) is 4.84 Å². The highest BCUT2D eigenvalue weighted by atomic mass is 35.5. The number of nitrogens with one attached hydrogen (secondary N) is 1. The molecule has 33 heavy (non-hydrogen) atoms. The van der Waals surface area contributed by atoms with E-state index in [1.54, 1.807) is 21.1 Å². The number of halogens is 1. The molecule has 1 N–H and O–H groups in total. The van der Waals surface area contributed by atoms with Gasteiger partial charge in [-0.1, -0.05) is 11.1 Å². The number of aromatic amines is 1. The zero-order valence-corrected chi connectivity index (χ0v) is 20.2. The number of aromatic nitrogens is 1. The van der Waals surface area contributed by atoms with Crippen LogP contribution in [0.15, 0.2) is 35.5 Å². The highest BCUT2D eigenvalue weighted by molar-refractivity contribution is 6.30. The molecule has 0 radical (unpaired) electrons. The summed E-state index contributed by atoms with van der Waals surface area (Å²) in [4.78, 5) is 11.2. The number of H-pyrrole nitrogens is 1. The summed E-state index contributed by atoms with van der Waals surface area (Å²) in [5.74, 6) is 4.60. The molecule has 3 aromatic rings. The number of likely N-dealkylation sites (N-methyl/N-ethyl adjacent to an activating group) is 1. The van der Waals surface area contributed by atoms with Crippen LogP contribution < -0.4 is 14.2 Å². The summed E-state index contributed by atoms with van der Waals surface area (Å²) in [6.07, 6.45) is 5.03. The molecule has 1 atom stereocenters. The lowest BCUT2D eigenvalue weighted by molar-refractivity contribution is 0.113. The summed E-state index contributed by atoms with van der Waals surface area (Å²) in [6.45, 7) is 3.21. The molecular weight excluding hydrogens is 442 g/mol. The van der Waals surface area contributed by atoms with E-state index in [-0.39, 0.29) is 12.4 Å². The number of terminal acetylenes is 1. The summed E-state index contributed by atoms with van der Waals surface area (Å²) in [5.41, 5.74) is 5.39. The van der Waals surface area contributed by atoms with Gasteiger partial charge in [0.25, 0.3) is 0 Å². The number of methoxy groups -OCH3 is 2. The van der Waals surface area contributed by atoms with Crippen molar-refractivity contribution in [3.8, 4) is 40.8 Å². The van der Waals surface area contributed by atoms with Gasteiger partial charge < -0.3 is 28.9 Å². The van der Waals surface area contributed by atoms with Crippen LogP contribution in [0.5, 0.6) is 17.2 Å². The fourth-order valence-corrected chi connectivity index (χ4v) is 3.73. The van der Waals surface area contributed by atoms with Crippen LogP contribution >= 0.6 is 12.4 Å². The summed E-state index contributed by atoms with van der Waals surface area (Å²) in [5, 5.41) is 5.45. The molecule has 1 heterocycles. The first-order chi connectivity index (χ1) is 15.5. The van der Waals surface area contributed by atoms with E-state index in [0.29, 0.717) is 23.8 Å². The van der Waals surface area contributed by atoms with Crippen LogP contribution in [0.4, 0.5) is 0 Å². The van der Waals surface area contributed by atoms with E-state index >= 15 is 0 Å². The van der Waals surface area contributed by atoms with Gasteiger partial charge in [-0.15, -0.1) is 18.8 Å². The van der Waals surface area contributed by atoms with E-state index in [1.165, 1.54) is 0 Å². The number of nitrogens with zero attached hydrogens (tertiary/aromatic N) is 2. The maximum absolute atomic E-state index is 5.96. The Hall–Kier alpha value is -3.34. The van der Waals surface area contributed by atoms with E-state index in [9.17, 15) is 0 Å². The van der Waals surface area contributed by atoms with E-state index in [4.69, 9.17) is 25.5 Å². The van der Waals surface area contributed by atoms with Crippen LogP contribution in [0.25, 0.3) is 22.2 Å². The molecule has 0 aliphatic heterocycles. The molecule has 4 rings (SSSR count). The van der Waals surface area contributed by atoms with Crippen molar-refractivity contribution >= 4 is 29.0 Å². The lowest BCUT2D eigenvalue weighted by atomic mass is 10.1. The van der Waals surface area contributed by atoms with Crippen LogP contribution in [0, 0.1) is 12.3 Å². The summed E-state index contributed by atoms with van der Waals surface area (Å²) in [7, 11) is 7.27. The van der Waals surface area contributed by atoms with Crippen molar-refractivity contribution in [3.05, 3.63) is 41.5 Å². The Labute approximate surface area is 200 Å². The van der Waals surface area contributed by atoms with E-state index in [1.807, 2.05) is 44.4 Å². The van der Waals surface area contributed by atoms with Gasteiger partial charge in [-0.05, 0) is 51.4 Å². The number of fused-ring (bicyclic) bond motifs is 5.